The number of halogens is 1. The molecule has 0 aliphatic heterocycles. The Kier molecular flexibility index (Phi) is 5.09. The van der Waals surface area contributed by atoms with Crippen LogP contribution in [0, 0.1) is 0 Å². The van der Waals surface area contributed by atoms with E-state index in [0.717, 1.165) is 0 Å². The largest absolute Gasteiger partial charge is 0.375 e. The lowest BCUT2D eigenvalue weighted by molar-refractivity contribution is -0.119. The number of anilines is 1. The van der Waals surface area contributed by atoms with Crippen molar-refractivity contribution in [3.63, 3.8) is 0 Å². The number of amides is 1. The predicted molar refractivity (Wildman–Crippen MR) is 81.8 cm³/mol. The molecule has 2 aromatic carbocycles. The van der Waals surface area contributed by atoms with Gasteiger partial charge in [0.1, 0.15) is 6.61 Å². The summed E-state index contributed by atoms with van der Waals surface area (Å²) < 4.78 is 4.76. The van der Waals surface area contributed by atoms with Gasteiger partial charge in [-0.1, -0.05) is 41.9 Å². The summed E-state index contributed by atoms with van der Waals surface area (Å²) in [6.45, 7) is -0.0818. The summed E-state index contributed by atoms with van der Waals surface area (Å²) in [6, 6.07) is 13.6. The van der Waals surface area contributed by atoms with Gasteiger partial charge in [0.2, 0.25) is 5.91 Å². The van der Waals surface area contributed by atoms with Gasteiger partial charge in [0.25, 0.3) is 0 Å². The van der Waals surface area contributed by atoms with E-state index in [-0.39, 0.29) is 18.3 Å². The Morgan fingerprint density at radius 1 is 1.14 bits per heavy atom. The first-order chi connectivity index (χ1) is 10.1. The number of carbonyl (C=O) groups excluding carboxylic acids is 2. The number of hydrogen-bond acceptors (Lipinski definition) is 3. The van der Waals surface area contributed by atoms with Crippen LogP contribution in [0.25, 0.3) is 0 Å². The summed E-state index contributed by atoms with van der Waals surface area (Å²) in [5.41, 5.74) is 1.29. The minimum atomic E-state index is -0.332. The molecule has 0 saturated carbocycles. The van der Waals surface area contributed by atoms with E-state index in [0.29, 0.717) is 21.8 Å². The van der Waals surface area contributed by atoms with Crippen molar-refractivity contribution in [2.24, 2.45) is 0 Å². The highest BCUT2D eigenvalue weighted by Gasteiger charge is 2.15. The Balaban J connectivity index is 2.35. The van der Waals surface area contributed by atoms with Crippen LogP contribution in [0.1, 0.15) is 15.9 Å². The van der Waals surface area contributed by atoms with Gasteiger partial charge in [-0.2, -0.15) is 0 Å². The number of carbonyl (C=O) groups is 2. The monoisotopic (exact) mass is 303 g/mol. The van der Waals surface area contributed by atoms with Gasteiger partial charge < -0.3 is 10.1 Å². The number of ketones is 1. The Morgan fingerprint density at radius 2 is 1.86 bits per heavy atom. The van der Waals surface area contributed by atoms with Crippen LogP contribution in [0.5, 0.6) is 0 Å². The second kappa shape index (κ2) is 7.02. The maximum Gasteiger partial charge on any atom is 0.250 e. The maximum atomic E-state index is 12.5. The lowest BCUT2D eigenvalue weighted by Crippen LogP contribution is -2.19. The second-order valence-corrected chi connectivity index (χ2v) is 4.80. The summed E-state index contributed by atoms with van der Waals surface area (Å²) in [6.07, 6.45) is 0. The average Bonchev–Trinajstić information content (AvgIpc) is 2.49. The molecule has 0 spiro atoms. The molecule has 2 aromatic rings. The van der Waals surface area contributed by atoms with Crippen molar-refractivity contribution >= 4 is 29.0 Å². The first kappa shape index (κ1) is 15.2. The average molecular weight is 304 g/mol. The van der Waals surface area contributed by atoms with Gasteiger partial charge in [0, 0.05) is 23.3 Å². The molecule has 0 aliphatic carbocycles. The van der Waals surface area contributed by atoms with E-state index in [1.807, 2.05) is 6.07 Å². The molecule has 0 aliphatic rings. The Hall–Kier alpha value is -2.17. The van der Waals surface area contributed by atoms with Gasteiger partial charge in [-0.05, 0) is 18.2 Å². The van der Waals surface area contributed by atoms with Crippen molar-refractivity contribution in [1.82, 2.24) is 0 Å². The molecule has 0 atom stereocenters. The fraction of sp³-hybridized carbons (Fsp3) is 0.125. The van der Waals surface area contributed by atoms with Gasteiger partial charge in [-0.15, -0.1) is 0 Å². The van der Waals surface area contributed by atoms with Crippen LogP contribution in [0.15, 0.2) is 48.5 Å². The zero-order valence-corrected chi connectivity index (χ0v) is 12.2. The molecule has 0 bridgehead atoms. The van der Waals surface area contributed by atoms with Crippen molar-refractivity contribution in [2.45, 2.75) is 0 Å². The standard InChI is InChI=1S/C16H14ClNO3/c1-21-10-15(19)18-14-8-7-12(17)9-13(14)16(20)11-5-3-2-4-6-11/h2-9H,10H2,1H3,(H,18,19). The topological polar surface area (TPSA) is 55.4 Å². The van der Waals surface area contributed by atoms with E-state index in [2.05, 4.69) is 5.32 Å². The van der Waals surface area contributed by atoms with E-state index >= 15 is 0 Å². The van der Waals surface area contributed by atoms with Crippen LogP contribution >= 0.6 is 11.6 Å². The molecule has 21 heavy (non-hydrogen) atoms. The SMILES string of the molecule is COCC(=O)Nc1ccc(Cl)cc1C(=O)c1ccccc1. The smallest absolute Gasteiger partial charge is 0.250 e. The van der Waals surface area contributed by atoms with Crippen molar-refractivity contribution in [3.8, 4) is 0 Å². The number of ether oxygens (including phenoxy) is 1. The van der Waals surface area contributed by atoms with E-state index in [1.54, 1.807) is 42.5 Å². The zero-order valence-electron chi connectivity index (χ0n) is 11.4. The van der Waals surface area contributed by atoms with Gasteiger partial charge in [-0.3, -0.25) is 9.59 Å². The van der Waals surface area contributed by atoms with Crippen molar-refractivity contribution in [1.29, 1.82) is 0 Å². The maximum absolute atomic E-state index is 12.5. The van der Waals surface area contributed by atoms with E-state index in [1.165, 1.54) is 7.11 Å². The molecule has 1 N–H and O–H groups in total. The van der Waals surface area contributed by atoms with E-state index < -0.39 is 0 Å². The third-order valence-corrected chi connectivity index (χ3v) is 3.05. The predicted octanol–water partition coefficient (Wildman–Crippen LogP) is 3.16. The molecule has 0 fully saturated rings. The fourth-order valence-electron chi connectivity index (χ4n) is 1.88. The van der Waals surface area contributed by atoms with Crippen LogP contribution in [0.2, 0.25) is 5.02 Å². The number of rotatable bonds is 5. The summed E-state index contributed by atoms with van der Waals surface area (Å²) in [4.78, 5) is 24.1. The summed E-state index contributed by atoms with van der Waals surface area (Å²) >= 11 is 5.96. The van der Waals surface area contributed by atoms with Crippen LogP contribution < -0.4 is 5.32 Å². The molecular formula is C16H14ClNO3. The molecule has 0 saturated heterocycles. The highest BCUT2D eigenvalue weighted by atomic mass is 35.5. The van der Waals surface area contributed by atoms with Crippen molar-refractivity contribution < 1.29 is 14.3 Å². The number of hydrogen-bond donors (Lipinski definition) is 1. The lowest BCUT2D eigenvalue weighted by atomic mass is 10.0. The number of methoxy groups -OCH3 is 1. The van der Waals surface area contributed by atoms with Gasteiger partial charge in [-0.25, -0.2) is 0 Å². The fourth-order valence-corrected chi connectivity index (χ4v) is 2.05. The molecule has 0 heterocycles. The van der Waals surface area contributed by atoms with Crippen molar-refractivity contribution in [3.05, 3.63) is 64.7 Å². The normalized spacial score (nSPS) is 10.2. The molecule has 2 rings (SSSR count). The molecule has 0 radical (unpaired) electrons. The van der Waals surface area contributed by atoms with Crippen molar-refractivity contribution in [2.75, 3.05) is 19.0 Å². The third-order valence-electron chi connectivity index (χ3n) is 2.81. The molecule has 4 nitrogen and oxygen atoms in total. The minimum absolute atomic E-state index is 0.0818. The molecule has 5 heteroatoms. The molecule has 0 unspecified atom stereocenters. The summed E-state index contributed by atoms with van der Waals surface area (Å²) in [5, 5.41) is 3.08. The first-order valence-electron chi connectivity index (χ1n) is 6.30. The second-order valence-electron chi connectivity index (χ2n) is 4.37. The Labute approximate surface area is 127 Å². The van der Waals surface area contributed by atoms with Crippen LogP contribution in [0.4, 0.5) is 5.69 Å². The lowest BCUT2D eigenvalue weighted by Gasteiger charge is -2.11. The minimum Gasteiger partial charge on any atom is -0.375 e. The number of nitrogens with one attached hydrogen (secondary N) is 1. The van der Waals surface area contributed by atoms with Crippen LogP contribution in [0.3, 0.4) is 0 Å². The Bertz CT molecular complexity index is 656. The van der Waals surface area contributed by atoms with Gasteiger partial charge in [0.15, 0.2) is 5.78 Å². The third kappa shape index (κ3) is 3.90. The molecule has 1 amide bonds. The zero-order chi connectivity index (χ0) is 15.2. The molecule has 0 aromatic heterocycles. The van der Waals surface area contributed by atoms with Gasteiger partial charge >= 0.3 is 0 Å². The highest BCUT2D eigenvalue weighted by Crippen LogP contribution is 2.23. The van der Waals surface area contributed by atoms with E-state index in [9.17, 15) is 9.59 Å². The highest BCUT2D eigenvalue weighted by molar-refractivity contribution is 6.31. The Morgan fingerprint density at radius 3 is 2.52 bits per heavy atom. The van der Waals surface area contributed by atoms with Crippen LogP contribution in [-0.2, 0) is 9.53 Å². The molecular weight excluding hydrogens is 290 g/mol. The quantitative estimate of drug-likeness (QED) is 0.863. The summed E-state index contributed by atoms with van der Waals surface area (Å²) in [5.74, 6) is -0.534. The summed E-state index contributed by atoms with van der Waals surface area (Å²) in [7, 11) is 1.43. The van der Waals surface area contributed by atoms with E-state index in [4.69, 9.17) is 16.3 Å². The number of benzene rings is 2. The molecule has 108 valence electrons. The van der Waals surface area contributed by atoms with Gasteiger partial charge in [0.05, 0.1) is 5.69 Å². The first-order valence-corrected chi connectivity index (χ1v) is 6.67. The van der Waals surface area contributed by atoms with Crippen LogP contribution in [-0.4, -0.2) is 25.4 Å².